The van der Waals surface area contributed by atoms with Gasteiger partial charge in [0.25, 0.3) is 0 Å². The fourth-order valence-corrected chi connectivity index (χ4v) is 4.23. The number of fused-ring (bicyclic) bond motifs is 1. The first-order chi connectivity index (χ1) is 12.4. The van der Waals surface area contributed by atoms with E-state index in [1.807, 2.05) is 31.2 Å². The number of hydrogen-bond donors (Lipinski definition) is 1. The van der Waals surface area contributed by atoms with Crippen LogP contribution in [0.4, 0.5) is 5.69 Å². The Morgan fingerprint density at radius 3 is 2.58 bits per heavy atom. The fraction of sp³-hybridized carbons (Fsp3) is 0.316. The molecule has 0 spiro atoms. The third kappa shape index (κ3) is 3.73. The van der Waals surface area contributed by atoms with E-state index < -0.39 is 10.0 Å². The van der Waals surface area contributed by atoms with Gasteiger partial charge in [-0.15, -0.1) is 0 Å². The van der Waals surface area contributed by atoms with Crippen molar-refractivity contribution in [3.63, 3.8) is 0 Å². The van der Waals surface area contributed by atoms with Gasteiger partial charge in [0.05, 0.1) is 12.0 Å². The van der Waals surface area contributed by atoms with Gasteiger partial charge in [0.1, 0.15) is 5.75 Å². The zero-order valence-corrected chi connectivity index (χ0v) is 15.6. The van der Waals surface area contributed by atoms with Crippen LogP contribution in [0.15, 0.2) is 53.4 Å². The third-order valence-corrected chi connectivity index (χ3v) is 5.95. The molecule has 0 bridgehead atoms. The molecule has 1 aliphatic heterocycles. The van der Waals surface area contributed by atoms with Crippen LogP contribution in [0, 0.1) is 0 Å². The van der Waals surface area contributed by atoms with Crippen molar-refractivity contribution in [2.24, 2.45) is 0 Å². The Kier molecular flexibility index (Phi) is 5.29. The molecule has 0 saturated heterocycles. The summed E-state index contributed by atoms with van der Waals surface area (Å²) in [6.07, 6.45) is 0.924. The third-order valence-electron chi connectivity index (χ3n) is 4.48. The molecule has 2 aromatic carbocycles. The van der Waals surface area contributed by atoms with Gasteiger partial charge < -0.3 is 9.64 Å². The molecule has 1 heterocycles. The average Bonchev–Trinajstić information content (AvgIpc) is 2.97. The Labute approximate surface area is 153 Å². The molecule has 0 saturated carbocycles. The number of ether oxygens (including phenoxy) is 1. The maximum atomic E-state index is 12.6. The topological polar surface area (TPSA) is 75.7 Å². The summed E-state index contributed by atoms with van der Waals surface area (Å²) >= 11 is 0. The number of nitrogens with zero attached hydrogens (tertiary/aromatic N) is 1. The van der Waals surface area contributed by atoms with E-state index in [4.69, 9.17) is 4.74 Å². The maximum absolute atomic E-state index is 12.6. The predicted molar refractivity (Wildman–Crippen MR) is 99.9 cm³/mol. The second-order valence-electron chi connectivity index (χ2n) is 6.27. The minimum Gasteiger partial charge on any atom is -0.497 e. The molecule has 0 aliphatic carbocycles. The lowest BCUT2D eigenvalue weighted by Crippen LogP contribution is -2.38. The molecular formula is C19H22N2O4S. The van der Waals surface area contributed by atoms with Crippen LogP contribution >= 0.6 is 0 Å². The molecule has 1 atom stereocenters. The fourth-order valence-electron chi connectivity index (χ4n) is 3.20. The number of carbonyl (C=O) groups excluding carboxylic acids is 1. The Bertz CT molecular complexity index is 894. The molecule has 1 unspecified atom stereocenters. The number of rotatable bonds is 6. The second-order valence-corrected chi connectivity index (χ2v) is 8.04. The molecule has 1 N–H and O–H groups in total. The van der Waals surface area contributed by atoms with Gasteiger partial charge in [0.15, 0.2) is 0 Å². The SMILES string of the molecule is COc1ccc(S(=O)(=O)NCCC(=O)N2c3ccccc3CC2C)cc1. The van der Waals surface area contributed by atoms with Crippen molar-refractivity contribution in [2.75, 3.05) is 18.6 Å². The van der Waals surface area contributed by atoms with E-state index in [9.17, 15) is 13.2 Å². The number of para-hydroxylation sites is 1. The number of carbonyl (C=O) groups is 1. The van der Waals surface area contributed by atoms with Crippen LogP contribution in [0.25, 0.3) is 0 Å². The molecule has 0 aromatic heterocycles. The minimum absolute atomic E-state index is 0.0541. The van der Waals surface area contributed by atoms with Gasteiger partial charge in [-0.25, -0.2) is 13.1 Å². The van der Waals surface area contributed by atoms with Crippen molar-refractivity contribution in [1.29, 1.82) is 0 Å². The normalized spacial score (nSPS) is 16.4. The van der Waals surface area contributed by atoms with Gasteiger partial charge in [0, 0.05) is 24.7 Å². The number of hydrogen-bond acceptors (Lipinski definition) is 4. The number of anilines is 1. The summed E-state index contributed by atoms with van der Waals surface area (Å²) in [4.78, 5) is 14.5. The zero-order valence-electron chi connectivity index (χ0n) is 14.8. The standard InChI is InChI=1S/C19H22N2O4S/c1-14-13-15-5-3-4-6-18(15)21(14)19(22)11-12-20-26(23,24)17-9-7-16(25-2)8-10-17/h3-10,14,20H,11-13H2,1-2H3. The van der Waals surface area contributed by atoms with Crippen LogP contribution in [0.2, 0.25) is 0 Å². The van der Waals surface area contributed by atoms with Crippen molar-refractivity contribution in [3.05, 3.63) is 54.1 Å². The first-order valence-electron chi connectivity index (χ1n) is 8.46. The molecule has 1 aliphatic rings. The van der Waals surface area contributed by atoms with E-state index in [0.29, 0.717) is 5.75 Å². The van der Waals surface area contributed by atoms with Gasteiger partial charge >= 0.3 is 0 Å². The van der Waals surface area contributed by atoms with Crippen molar-refractivity contribution in [1.82, 2.24) is 4.72 Å². The van der Waals surface area contributed by atoms with E-state index in [0.717, 1.165) is 17.7 Å². The molecule has 3 rings (SSSR count). The number of amides is 1. The molecule has 1 amide bonds. The lowest BCUT2D eigenvalue weighted by molar-refractivity contribution is -0.118. The highest BCUT2D eigenvalue weighted by atomic mass is 32.2. The highest BCUT2D eigenvalue weighted by Crippen LogP contribution is 2.32. The summed E-state index contributed by atoms with van der Waals surface area (Å²) in [6.45, 7) is 2.05. The molecule has 26 heavy (non-hydrogen) atoms. The molecule has 0 radical (unpaired) electrons. The van der Waals surface area contributed by atoms with Crippen LogP contribution in [0.1, 0.15) is 18.9 Å². The number of methoxy groups -OCH3 is 1. The highest BCUT2D eigenvalue weighted by Gasteiger charge is 2.30. The summed E-state index contributed by atoms with van der Waals surface area (Å²) < 4.78 is 32.2. The van der Waals surface area contributed by atoms with E-state index >= 15 is 0 Å². The van der Waals surface area contributed by atoms with Crippen LogP contribution in [-0.2, 0) is 21.2 Å². The molecule has 6 nitrogen and oxygen atoms in total. The van der Waals surface area contributed by atoms with Crippen LogP contribution in [-0.4, -0.2) is 34.0 Å². The van der Waals surface area contributed by atoms with Gasteiger partial charge in [-0.05, 0) is 49.2 Å². The summed E-state index contributed by atoms with van der Waals surface area (Å²) in [5.74, 6) is 0.501. The van der Waals surface area contributed by atoms with E-state index in [1.54, 1.807) is 17.0 Å². The number of nitrogens with one attached hydrogen (secondary N) is 1. The largest absolute Gasteiger partial charge is 0.497 e. The van der Waals surface area contributed by atoms with E-state index in [1.165, 1.54) is 19.2 Å². The maximum Gasteiger partial charge on any atom is 0.240 e. The van der Waals surface area contributed by atoms with E-state index in [-0.39, 0.29) is 29.8 Å². The van der Waals surface area contributed by atoms with Crippen molar-refractivity contribution >= 4 is 21.6 Å². The summed E-state index contributed by atoms with van der Waals surface area (Å²) in [5, 5.41) is 0. The molecular weight excluding hydrogens is 352 g/mol. The summed E-state index contributed by atoms with van der Waals surface area (Å²) in [5.41, 5.74) is 2.06. The summed E-state index contributed by atoms with van der Waals surface area (Å²) in [7, 11) is -2.14. The van der Waals surface area contributed by atoms with Crippen molar-refractivity contribution in [2.45, 2.75) is 30.7 Å². The van der Waals surface area contributed by atoms with Crippen LogP contribution in [0.3, 0.4) is 0 Å². The molecule has 7 heteroatoms. The summed E-state index contributed by atoms with van der Waals surface area (Å²) in [6, 6.07) is 14.0. The number of benzene rings is 2. The van der Waals surface area contributed by atoms with E-state index in [2.05, 4.69) is 4.72 Å². The molecule has 0 fully saturated rings. The monoisotopic (exact) mass is 374 g/mol. The lowest BCUT2D eigenvalue weighted by atomic mass is 10.1. The van der Waals surface area contributed by atoms with Crippen molar-refractivity contribution in [3.8, 4) is 5.75 Å². The van der Waals surface area contributed by atoms with Gasteiger partial charge in [-0.1, -0.05) is 18.2 Å². The minimum atomic E-state index is -3.65. The lowest BCUT2D eigenvalue weighted by Gasteiger charge is -2.22. The number of sulfonamides is 1. The molecule has 2 aromatic rings. The zero-order chi connectivity index (χ0) is 18.7. The first kappa shape index (κ1) is 18.4. The highest BCUT2D eigenvalue weighted by molar-refractivity contribution is 7.89. The van der Waals surface area contributed by atoms with Crippen LogP contribution in [0.5, 0.6) is 5.75 Å². The second kappa shape index (κ2) is 7.47. The van der Waals surface area contributed by atoms with Crippen molar-refractivity contribution < 1.29 is 17.9 Å². The Morgan fingerprint density at radius 1 is 1.19 bits per heavy atom. The Hall–Kier alpha value is -2.38. The predicted octanol–water partition coefficient (Wildman–Crippen LogP) is 2.34. The van der Waals surface area contributed by atoms with Gasteiger partial charge in [-0.2, -0.15) is 0 Å². The first-order valence-corrected chi connectivity index (χ1v) is 9.94. The van der Waals surface area contributed by atoms with Gasteiger partial charge in [0.2, 0.25) is 15.9 Å². The quantitative estimate of drug-likeness (QED) is 0.842. The molecule has 138 valence electrons. The average molecular weight is 374 g/mol. The van der Waals surface area contributed by atoms with Gasteiger partial charge in [-0.3, -0.25) is 4.79 Å². The smallest absolute Gasteiger partial charge is 0.240 e. The van der Waals surface area contributed by atoms with Crippen LogP contribution < -0.4 is 14.4 Å². The Balaban J connectivity index is 1.61. The Morgan fingerprint density at radius 2 is 1.88 bits per heavy atom.